The fourth-order valence-electron chi connectivity index (χ4n) is 5.61. The highest BCUT2D eigenvalue weighted by Gasteiger charge is 2.53. The predicted molar refractivity (Wildman–Crippen MR) is 156 cm³/mol. The quantitative estimate of drug-likeness (QED) is 0.269. The summed E-state index contributed by atoms with van der Waals surface area (Å²) in [4.78, 5) is 27.2. The van der Waals surface area contributed by atoms with Gasteiger partial charge in [-0.3, -0.25) is 14.3 Å². The van der Waals surface area contributed by atoms with Gasteiger partial charge in [-0.25, -0.2) is 4.79 Å². The Hall–Kier alpha value is -2.86. The number of aromatic amines is 1. The topological polar surface area (TPSA) is 112 Å². The molecule has 40 heavy (non-hydrogen) atoms. The van der Waals surface area contributed by atoms with Gasteiger partial charge in [0.05, 0.1) is 32.5 Å². The Morgan fingerprint density at radius 2 is 1.60 bits per heavy atom. The van der Waals surface area contributed by atoms with E-state index in [1.165, 1.54) is 10.8 Å². The van der Waals surface area contributed by atoms with E-state index in [1.807, 2.05) is 36.4 Å². The lowest BCUT2D eigenvalue weighted by atomic mass is 9.99. The normalized spacial score (nSPS) is 21.6. The van der Waals surface area contributed by atoms with Crippen molar-refractivity contribution in [3.63, 3.8) is 0 Å². The first-order chi connectivity index (χ1) is 19.1. The number of nitrogens with zero attached hydrogens (tertiary/aromatic N) is 1. The predicted octanol–water partition coefficient (Wildman–Crippen LogP) is 1.96. The molecule has 2 unspecified atom stereocenters. The molecule has 0 aliphatic carbocycles. The van der Waals surface area contributed by atoms with E-state index in [4.69, 9.17) is 18.6 Å². The van der Waals surface area contributed by atoms with Gasteiger partial charge in [0, 0.05) is 24.8 Å². The third-order valence-corrected chi connectivity index (χ3v) is 12.6. The Labute approximate surface area is 235 Å². The van der Waals surface area contributed by atoms with Crippen LogP contribution in [0.15, 0.2) is 76.4 Å². The molecule has 2 heterocycles. The van der Waals surface area contributed by atoms with Crippen LogP contribution in [0.5, 0.6) is 0 Å². The van der Waals surface area contributed by atoms with Crippen LogP contribution in [0.3, 0.4) is 0 Å². The minimum Gasteiger partial charge on any atom is -0.405 e. The fraction of sp³-hybridized carbons (Fsp3) is 0.467. The summed E-state index contributed by atoms with van der Waals surface area (Å²) in [6, 6.07) is 20.6. The van der Waals surface area contributed by atoms with Crippen LogP contribution in [0.4, 0.5) is 0 Å². The molecule has 4 rings (SSSR count). The van der Waals surface area contributed by atoms with Crippen molar-refractivity contribution >= 4 is 18.7 Å². The molecule has 3 aromatic rings. The molecule has 1 saturated heterocycles. The van der Waals surface area contributed by atoms with Crippen molar-refractivity contribution in [1.82, 2.24) is 9.55 Å². The van der Waals surface area contributed by atoms with Crippen LogP contribution in [-0.2, 0) is 18.6 Å². The number of methoxy groups -OCH3 is 1. The minimum atomic E-state index is -2.88. The maximum absolute atomic E-state index is 12.8. The largest absolute Gasteiger partial charge is 0.405 e. The zero-order valence-electron chi connectivity index (χ0n) is 23.8. The summed E-state index contributed by atoms with van der Waals surface area (Å²) in [5, 5.41) is 12.6. The summed E-state index contributed by atoms with van der Waals surface area (Å²) >= 11 is 0. The molecular weight excluding hydrogens is 528 g/mol. The molecule has 1 aliphatic rings. The number of rotatable bonds is 11. The van der Waals surface area contributed by atoms with E-state index in [0.717, 1.165) is 10.4 Å². The second kappa shape index (κ2) is 12.8. The van der Waals surface area contributed by atoms with Gasteiger partial charge < -0.3 is 23.7 Å². The smallest absolute Gasteiger partial charge is 0.330 e. The third-order valence-electron chi connectivity index (χ3n) is 7.60. The van der Waals surface area contributed by atoms with Gasteiger partial charge in [-0.1, -0.05) is 81.4 Å². The number of hydrogen-bond donors (Lipinski definition) is 2. The molecule has 0 saturated carbocycles. The van der Waals surface area contributed by atoms with Crippen molar-refractivity contribution in [2.24, 2.45) is 5.92 Å². The second-order valence-corrected chi connectivity index (χ2v) is 15.5. The van der Waals surface area contributed by atoms with Crippen molar-refractivity contribution < 1.29 is 23.7 Å². The zero-order chi connectivity index (χ0) is 28.9. The van der Waals surface area contributed by atoms with Gasteiger partial charge in [-0.05, 0) is 22.3 Å². The fourth-order valence-corrected chi connectivity index (χ4v) is 10.2. The van der Waals surface area contributed by atoms with E-state index in [2.05, 4.69) is 50.0 Å². The molecule has 0 amide bonds. The van der Waals surface area contributed by atoms with Crippen LogP contribution in [0.1, 0.15) is 32.6 Å². The van der Waals surface area contributed by atoms with Gasteiger partial charge in [0.2, 0.25) is 0 Å². The summed E-state index contributed by atoms with van der Waals surface area (Å²) < 4.78 is 26.2. The lowest BCUT2D eigenvalue weighted by Crippen LogP contribution is -2.67. The van der Waals surface area contributed by atoms with Crippen LogP contribution in [-0.4, -0.2) is 68.7 Å². The maximum atomic E-state index is 12.8. The Morgan fingerprint density at radius 1 is 1.00 bits per heavy atom. The first-order valence-electron chi connectivity index (χ1n) is 13.6. The summed E-state index contributed by atoms with van der Waals surface area (Å²) in [6.07, 6.45) is -0.651. The summed E-state index contributed by atoms with van der Waals surface area (Å²) in [7, 11) is -1.30. The first kappa shape index (κ1) is 30.1. The second-order valence-electron chi connectivity index (χ2n) is 11.2. The SMILES string of the molecule is COCCOC1C(CO)[C@H](CO[Si](c2ccccc2)(c2ccccc2)C(C)(C)C)O[C@@H]1n1cc(C)c(=O)[nH]c1=O. The number of aliphatic hydroxyl groups excluding tert-OH is 1. The van der Waals surface area contributed by atoms with E-state index < -0.39 is 43.9 Å². The van der Waals surface area contributed by atoms with Gasteiger partial charge in [-0.15, -0.1) is 0 Å². The molecule has 0 bridgehead atoms. The molecule has 10 heteroatoms. The highest BCUT2D eigenvalue weighted by atomic mass is 28.4. The van der Waals surface area contributed by atoms with Crippen molar-refractivity contribution in [3.05, 3.63) is 93.3 Å². The standard InChI is InChI=1S/C30H40N2O7Si/c1-21-18-32(29(35)31-27(21)34)28-26(37-17-16-36-5)24(19-33)25(39-28)20-38-40(30(2,3)4,22-12-8-6-9-13-22)23-14-10-7-11-15-23/h6-15,18,24-26,28,33H,16-17,19-20H2,1-5H3,(H,31,34,35)/t24?,25-,26?,28-/m0/s1. The zero-order valence-corrected chi connectivity index (χ0v) is 24.8. The molecule has 1 fully saturated rings. The van der Waals surface area contributed by atoms with E-state index in [9.17, 15) is 14.7 Å². The van der Waals surface area contributed by atoms with Crippen molar-refractivity contribution in [2.75, 3.05) is 33.5 Å². The van der Waals surface area contributed by atoms with Crippen molar-refractivity contribution in [1.29, 1.82) is 0 Å². The molecule has 2 aromatic carbocycles. The molecule has 1 aliphatic heterocycles. The maximum Gasteiger partial charge on any atom is 0.330 e. The van der Waals surface area contributed by atoms with E-state index in [0.29, 0.717) is 12.2 Å². The molecular formula is C30H40N2O7Si. The van der Waals surface area contributed by atoms with Gasteiger partial charge in [0.15, 0.2) is 6.23 Å². The van der Waals surface area contributed by atoms with Gasteiger partial charge >= 0.3 is 5.69 Å². The average molecular weight is 569 g/mol. The number of benzene rings is 2. The van der Waals surface area contributed by atoms with Gasteiger partial charge in [-0.2, -0.15) is 0 Å². The van der Waals surface area contributed by atoms with Crippen LogP contribution in [0.25, 0.3) is 0 Å². The molecule has 4 atom stereocenters. The van der Waals surface area contributed by atoms with Crippen molar-refractivity contribution in [3.8, 4) is 0 Å². The molecule has 2 N–H and O–H groups in total. The Morgan fingerprint density at radius 3 is 2.12 bits per heavy atom. The van der Waals surface area contributed by atoms with Gasteiger partial charge in [0.25, 0.3) is 13.9 Å². The van der Waals surface area contributed by atoms with E-state index in [1.54, 1.807) is 14.0 Å². The number of ether oxygens (including phenoxy) is 3. The first-order valence-corrected chi connectivity index (χ1v) is 15.5. The highest BCUT2D eigenvalue weighted by Crippen LogP contribution is 2.40. The summed E-state index contributed by atoms with van der Waals surface area (Å²) in [5.41, 5.74) is -0.695. The number of hydrogen-bond acceptors (Lipinski definition) is 7. The van der Waals surface area contributed by atoms with Gasteiger partial charge in [0.1, 0.15) is 6.10 Å². The van der Waals surface area contributed by atoms with Crippen molar-refractivity contribution in [2.45, 2.75) is 51.2 Å². The average Bonchev–Trinajstić information content (AvgIpc) is 3.28. The number of aryl methyl sites for hydroxylation is 1. The molecule has 0 spiro atoms. The Kier molecular flexibility index (Phi) is 9.60. The summed E-state index contributed by atoms with van der Waals surface area (Å²) in [5.74, 6) is -0.487. The van der Waals surface area contributed by atoms with E-state index in [-0.39, 0.29) is 24.9 Å². The lowest BCUT2D eigenvalue weighted by Gasteiger charge is -2.43. The van der Waals surface area contributed by atoms with Crippen LogP contribution >= 0.6 is 0 Å². The number of aliphatic hydroxyl groups is 1. The Balaban J connectivity index is 1.74. The Bertz CT molecular complexity index is 1310. The lowest BCUT2D eigenvalue weighted by molar-refractivity contribution is -0.0794. The highest BCUT2D eigenvalue weighted by molar-refractivity contribution is 6.99. The number of aromatic nitrogens is 2. The van der Waals surface area contributed by atoms with E-state index >= 15 is 0 Å². The minimum absolute atomic E-state index is 0.177. The van der Waals surface area contributed by atoms with Crippen LogP contribution in [0, 0.1) is 12.8 Å². The van der Waals surface area contributed by atoms with Crippen LogP contribution < -0.4 is 21.6 Å². The number of nitrogens with one attached hydrogen (secondary N) is 1. The third kappa shape index (κ3) is 5.92. The summed E-state index contributed by atoms with van der Waals surface area (Å²) in [6.45, 7) is 8.73. The monoisotopic (exact) mass is 568 g/mol. The molecule has 1 aromatic heterocycles. The molecule has 9 nitrogen and oxygen atoms in total. The molecule has 216 valence electrons. The number of H-pyrrole nitrogens is 1. The van der Waals surface area contributed by atoms with Crippen LogP contribution in [0.2, 0.25) is 5.04 Å². The molecule has 0 radical (unpaired) electrons.